The molecule has 0 saturated heterocycles. The highest BCUT2D eigenvalue weighted by molar-refractivity contribution is 6.32. The predicted molar refractivity (Wildman–Crippen MR) is 60.3 cm³/mol. The van der Waals surface area contributed by atoms with E-state index in [0.717, 1.165) is 0 Å². The fourth-order valence-electron chi connectivity index (χ4n) is 1.50. The van der Waals surface area contributed by atoms with E-state index in [2.05, 4.69) is 5.10 Å². The summed E-state index contributed by atoms with van der Waals surface area (Å²) in [4.78, 5) is 11.1. The normalized spacial score (nSPS) is 10.4. The van der Waals surface area contributed by atoms with Gasteiger partial charge in [0.25, 0.3) is 0 Å². The largest absolute Gasteiger partial charge is 0.477 e. The summed E-state index contributed by atoms with van der Waals surface area (Å²) in [5.74, 6) is -1.02. The average Bonchev–Trinajstić information content (AvgIpc) is 2.61. The number of rotatable bonds is 2. The molecular weight excluding hydrogens is 228 g/mol. The lowest BCUT2D eigenvalue weighted by molar-refractivity contribution is 0.0686. The molecule has 0 aliphatic rings. The van der Waals surface area contributed by atoms with Crippen LogP contribution in [0.5, 0.6) is 0 Å². The number of benzene rings is 1. The molecule has 0 saturated carbocycles. The summed E-state index contributed by atoms with van der Waals surface area (Å²) in [5, 5.41) is 13.6. The van der Waals surface area contributed by atoms with Crippen LogP contribution in [-0.4, -0.2) is 20.9 Å². The summed E-state index contributed by atoms with van der Waals surface area (Å²) in [6, 6.07) is 6.98. The monoisotopic (exact) mass is 236 g/mol. The van der Waals surface area contributed by atoms with Crippen LogP contribution in [0, 0.1) is 6.92 Å². The van der Waals surface area contributed by atoms with Crippen LogP contribution in [0.3, 0.4) is 0 Å². The second-order valence-electron chi connectivity index (χ2n) is 3.34. The van der Waals surface area contributed by atoms with Gasteiger partial charge in [-0.2, -0.15) is 5.10 Å². The van der Waals surface area contributed by atoms with Gasteiger partial charge in [-0.1, -0.05) is 23.7 Å². The molecule has 0 bridgehead atoms. The van der Waals surface area contributed by atoms with Crippen molar-refractivity contribution >= 4 is 17.6 Å². The highest BCUT2D eigenvalue weighted by atomic mass is 35.5. The van der Waals surface area contributed by atoms with Crippen molar-refractivity contribution in [3.05, 3.63) is 46.7 Å². The molecule has 4 nitrogen and oxygen atoms in total. The highest BCUT2D eigenvalue weighted by Gasteiger charge is 2.17. The Morgan fingerprint density at radius 3 is 2.75 bits per heavy atom. The number of nitrogens with zero attached hydrogens (tertiary/aromatic N) is 2. The van der Waals surface area contributed by atoms with Gasteiger partial charge in [-0.05, 0) is 19.1 Å². The molecule has 0 atom stereocenters. The number of aromatic nitrogens is 2. The molecule has 2 aromatic rings. The molecule has 0 aliphatic carbocycles. The predicted octanol–water partition coefficient (Wildman–Crippen LogP) is 2.53. The molecule has 0 spiro atoms. The van der Waals surface area contributed by atoms with E-state index in [9.17, 15) is 4.79 Å². The van der Waals surface area contributed by atoms with E-state index in [4.69, 9.17) is 16.7 Å². The van der Waals surface area contributed by atoms with E-state index in [1.807, 2.05) is 0 Å². The van der Waals surface area contributed by atoms with Crippen LogP contribution >= 0.6 is 11.6 Å². The van der Waals surface area contributed by atoms with Crippen molar-refractivity contribution in [2.24, 2.45) is 0 Å². The third-order valence-electron chi connectivity index (χ3n) is 2.24. The molecule has 1 heterocycles. The zero-order chi connectivity index (χ0) is 11.7. The van der Waals surface area contributed by atoms with Gasteiger partial charge in [0.15, 0.2) is 5.69 Å². The van der Waals surface area contributed by atoms with Gasteiger partial charge in [-0.3, -0.25) is 0 Å². The minimum Gasteiger partial charge on any atom is -0.477 e. The average molecular weight is 237 g/mol. The molecule has 0 fully saturated rings. The molecule has 0 amide bonds. The second kappa shape index (κ2) is 3.98. The summed E-state index contributed by atoms with van der Waals surface area (Å²) < 4.78 is 1.33. The lowest BCUT2D eigenvalue weighted by Gasteiger charge is -2.06. The van der Waals surface area contributed by atoms with Gasteiger partial charge in [0.2, 0.25) is 0 Å². The van der Waals surface area contributed by atoms with Gasteiger partial charge in [0.1, 0.15) is 0 Å². The maximum absolute atomic E-state index is 11.1. The van der Waals surface area contributed by atoms with Gasteiger partial charge in [0.05, 0.1) is 16.9 Å². The van der Waals surface area contributed by atoms with Crippen molar-refractivity contribution in [3.63, 3.8) is 0 Å². The summed E-state index contributed by atoms with van der Waals surface area (Å²) in [6.07, 6.45) is 1.51. The van der Waals surface area contributed by atoms with E-state index < -0.39 is 5.97 Å². The Morgan fingerprint density at radius 1 is 1.44 bits per heavy atom. The van der Waals surface area contributed by atoms with E-state index in [1.165, 1.54) is 10.9 Å². The lowest BCUT2D eigenvalue weighted by atomic mass is 10.2. The number of aromatic carboxylic acids is 1. The van der Waals surface area contributed by atoms with Gasteiger partial charge in [-0.15, -0.1) is 0 Å². The minimum atomic E-state index is -1.02. The number of carboxylic acid groups (broad SMARTS) is 1. The summed E-state index contributed by atoms with van der Waals surface area (Å²) in [7, 11) is 0. The van der Waals surface area contributed by atoms with E-state index in [0.29, 0.717) is 16.3 Å². The van der Waals surface area contributed by atoms with Crippen LogP contribution in [0.4, 0.5) is 0 Å². The number of carbonyl (C=O) groups is 1. The Bertz CT molecular complexity index is 549. The zero-order valence-corrected chi connectivity index (χ0v) is 9.27. The molecule has 1 aromatic heterocycles. The Hall–Kier alpha value is -1.81. The van der Waals surface area contributed by atoms with Crippen LogP contribution in [0.25, 0.3) is 5.69 Å². The van der Waals surface area contributed by atoms with Crippen molar-refractivity contribution in [1.29, 1.82) is 0 Å². The number of hydrogen-bond acceptors (Lipinski definition) is 2. The standard InChI is InChI=1S/C11H9ClN2O2/c1-7-6-13-14(10(7)11(15)16)9-5-3-2-4-8(9)12/h2-6H,1H3,(H,15,16). The fraction of sp³-hybridized carbons (Fsp3) is 0.0909. The van der Waals surface area contributed by atoms with Crippen molar-refractivity contribution in [1.82, 2.24) is 9.78 Å². The Balaban J connectivity index is 2.66. The molecule has 1 N–H and O–H groups in total. The molecule has 2 rings (SSSR count). The number of aryl methyl sites for hydroxylation is 1. The van der Waals surface area contributed by atoms with Crippen LogP contribution in [-0.2, 0) is 0 Å². The minimum absolute atomic E-state index is 0.133. The molecule has 16 heavy (non-hydrogen) atoms. The SMILES string of the molecule is Cc1cnn(-c2ccccc2Cl)c1C(=O)O. The molecule has 0 unspecified atom stereocenters. The fourth-order valence-corrected chi connectivity index (χ4v) is 1.71. The van der Waals surface area contributed by atoms with Gasteiger partial charge in [0, 0.05) is 5.56 Å². The molecule has 5 heteroatoms. The maximum atomic E-state index is 11.1. The van der Waals surface area contributed by atoms with E-state index >= 15 is 0 Å². The Kier molecular flexibility index (Phi) is 2.66. The summed E-state index contributed by atoms with van der Waals surface area (Å²) in [6.45, 7) is 1.70. The first-order valence-corrected chi connectivity index (χ1v) is 5.02. The molecule has 0 radical (unpaired) electrons. The Labute approximate surface area is 97.1 Å². The van der Waals surface area contributed by atoms with Gasteiger partial charge in [-0.25, -0.2) is 9.48 Å². The van der Waals surface area contributed by atoms with Crippen LogP contribution < -0.4 is 0 Å². The topological polar surface area (TPSA) is 55.1 Å². The molecule has 1 aromatic carbocycles. The highest BCUT2D eigenvalue weighted by Crippen LogP contribution is 2.22. The number of para-hydroxylation sites is 1. The van der Waals surface area contributed by atoms with E-state index in [1.54, 1.807) is 31.2 Å². The summed E-state index contributed by atoms with van der Waals surface area (Å²) >= 11 is 5.99. The number of halogens is 1. The third-order valence-corrected chi connectivity index (χ3v) is 2.56. The van der Waals surface area contributed by atoms with Crippen molar-refractivity contribution in [2.75, 3.05) is 0 Å². The first-order valence-electron chi connectivity index (χ1n) is 4.64. The van der Waals surface area contributed by atoms with Crippen LogP contribution in [0.1, 0.15) is 16.1 Å². The zero-order valence-electron chi connectivity index (χ0n) is 8.51. The maximum Gasteiger partial charge on any atom is 0.354 e. The van der Waals surface area contributed by atoms with E-state index in [-0.39, 0.29) is 5.69 Å². The second-order valence-corrected chi connectivity index (χ2v) is 3.75. The number of hydrogen-bond donors (Lipinski definition) is 1. The van der Waals surface area contributed by atoms with Gasteiger partial charge >= 0.3 is 5.97 Å². The van der Waals surface area contributed by atoms with Crippen molar-refractivity contribution in [3.8, 4) is 5.69 Å². The first-order chi connectivity index (χ1) is 7.61. The number of carboxylic acids is 1. The van der Waals surface area contributed by atoms with Crippen LogP contribution in [0.2, 0.25) is 5.02 Å². The smallest absolute Gasteiger partial charge is 0.354 e. The first kappa shape index (κ1) is 10.7. The van der Waals surface area contributed by atoms with Gasteiger partial charge < -0.3 is 5.11 Å². The molecular formula is C11H9ClN2O2. The quantitative estimate of drug-likeness (QED) is 0.872. The van der Waals surface area contributed by atoms with Crippen molar-refractivity contribution in [2.45, 2.75) is 6.92 Å². The summed E-state index contributed by atoms with van der Waals surface area (Å²) in [5.41, 5.74) is 1.30. The van der Waals surface area contributed by atoms with Crippen LogP contribution in [0.15, 0.2) is 30.5 Å². The lowest BCUT2D eigenvalue weighted by Crippen LogP contribution is -2.09. The van der Waals surface area contributed by atoms with Crippen molar-refractivity contribution < 1.29 is 9.90 Å². The Morgan fingerprint density at radius 2 is 2.12 bits per heavy atom. The molecule has 0 aliphatic heterocycles. The molecule has 82 valence electrons. The third kappa shape index (κ3) is 1.67.